The van der Waals surface area contributed by atoms with Crippen LogP contribution in [0.15, 0.2) is 48.7 Å². The minimum absolute atomic E-state index is 0.0552. The minimum Gasteiger partial charge on any atom is -0.454 e. The first-order valence-corrected chi connectivity index (χ1v) is 10.1. The maximum Gasteiger partial charge on any atom is 0.257 e. The molecule has 1 unspecified atom stereocenters. The summed E-state index contributed by atoms with van der Waals surface area (Å²) in [5.41, 5.74) is 2.34. The van der Waals surface area contributed by atoms with Crippen molar-refractivity contribution in [2.45, 2.75) is 33.4 Å². The van der Waals surface area contributed by atoms with Crippen molar-refractivity contribution in [1.29, 1.82) is 0 Å². The second-order valence-electron chi connectivity index (χ2n) is 7.60. The fraction of sp³-hybridized carbons (Fsp3) is 0.250. The minimum atomic E-state index is -0.627. The Morgan fingerprint density at radius 2 is 1.90 bits per heavy atom. The molecule has 0 aliphatic carbocycles. The van der Waals surface area contributed by atoms with E-state index in [2.05, 4.69) is 10.3 Å². The molecule has 1 aliphatic heterocycles. The van der Waals surface area contributed by atoms with E-state index in [1.807, 2.05) is 32.9 Å². The molecule has 0 bridgehead atoms. The van der Waals surface area contributed by atoms with Gasteiger partial charge in [0.2, 0.25) is 0 Å². The summed E-state index contributed by atoms with van der Waals surface area (Å²) in [7, 11) is 0. The Labute approximate surface area is 179 Å². The summed E-state index contributed by atoms with van der Waals surface area (Å²) in [4.78, 5) is 18.1. The van der Waals surface area contributed by atoms with E-state index < -0.39 is 11.6 Å². The quantitative estimate of drug-likeness (QED) is 0.560. The predicted molar refractivity (Wildman–Crippen MR) is 114 cm³/mol. The maximum atomic E-state index is 14.7. The van der Waals surface area contributed by atoms with E-state index in [9.17, 15) is 13.6 Å². The van der Waals surface area contributed by atoms with Crippen LogP contribution in [0.1, 0.15) is 46.9 Å². The van der Waals surface area contributed by atoms with Gasteiger partial charge in [-0.3, -0.25) is 4.79 Å². The van der Waals surface area contributed by atoms with Gasteiger partial charge in [0.25, 0.3) is 5.91 Å². The van der Waals surface area contributed by atoms with Crippen molar-refractivity contribution in [1.82, 2.24) is 9.88 Å². The van der Waals surface area contributed by atoms with Crippen molar-refractivity contribution in [2.75, 3.05) is 11.9 Å². The summed E-state index contributed by atoms with van der Waals surface area (Å²) >= 11 is 0. The zero-order valence-electron chi connectivity index (χ0n) is 17.6. The van der Waals surface area contributed by atoms with E-state index in [-0.39, 0.29) is 23.3 Å². The summed E-state index contributed by atoms with van der Waals surface area (Å²) in [6.07, 6.45) is 1.05. The first-order valence-electron chi connectivity index (χ1n) is 10.1. The number of aryl methyl sites for hydroxylation is 1. The Bertz CT molecular complexity index is 1130. The molecular formula is C24H23F2N3O2. The van der Waals surface area contributed by atoms with Crippen LogP contribution in [-0.2, 0) is 6.54 Å². The number of rotatable bonds is 6. The zero-order chi connectivity index (χ0) is 22.1. The number of anilines is 1. The summed E-state index contributed by atoms with van der Waals surface area (Å²) in [6, 6.07) is 11.8. The van der Waals surface area contributed by atoms with Crippen molar-refractivity contribution in [2.24, 2.45) is 0 Å². The molecule has 1 N–H and O–H groups in total. The second-order valence-corrected chi connectivity index (χ2v) is 7.60. The number of carbonyl (C=O) groups is 1. The average Bonchev–Trinajstić information content (AvgIpc) is 3.10. The lowest BCUT2D eigenvalue weighted by Gasteiger charge is -2.18. The number of benzene rings is 2. The number of aromatic nitrogens is 1. The largest absolute Gasteiger partial charge is 0.454 e. The first kappa shape index (κ1) is 20.8. The highest BCUT2D eigenvalue weighted by molar-refractivity contribution is 5.99. The first-order chi connectivity index (χ1) is 14.9. The van der Waals surface area contributed by atoms with Crippen LogP contribution in [0.3, 0.4) is 0 Å². The Morgan fingerprint density at radius 1 is 1.16 bits per heavy atom. The number of hydrogen-bond acceptors (Lipinski definition) is 4. The van der Waals surface area contributed by atoms with E-state index >= 15 is 0 Å². The number of halogens is 2. The van der Waals surface area contributed by atoms with Crippen LogP contribution in [0.25, 0.3) is 0 Å². The number of fused-ring (bicyclic) bond motifs is 1. The molecule has 160 valence electrons. The van der Waals surface area contributed by atoms with Crippen LogP contribution < -0.4 is 10.1 Å². The van der Waals surface area contributed by atoms with Gasteiger partial charge in [0.15, 0.2) is 17.4 Å². The molecule has 1 aromatic heterocycles. The molecule has 1 atom stereocenters. The molecule has 2 aromatic carbocycles. The normalized spacial score (nSPS) is 13.8. The highest BCUT2D eigenvalue weighted by Crippen LogP contribution is 2.33. The third-order valence-corrected chi connectivity index (χ3v) is 5.42. The summed E-state index contributed by atoms with van der Waals surface area (Å²) in [6.45, 7) is 6.43. The monoisotopic (exact) mass is 423 g/mol. The second kappa shape index (κ2) is 8.34. The molecule has 4 rings (SSSR count). The van der Waals surface area contributed by atoms with Gasteiger partial charge in [0.1, 0.15) is 11.6 Å². The molecule has 0 fully saturated rings. The van der Waals surface area contributed by atoms with Gasteiger partial charge in [-0.15, -0.1) is 0 Å². The lowest BCUT2D eigenvalue weighted by molar-refractivity contribution is 0.0784. The lowest BCUT2D eigenvalue weighted by atomic mass is 10.1. The molecule has 7 heteroatoms. The topological polar surface area (TPSA) is 54.5 Å². The molecule has 1 aliphatic rings. The lowest BCUT2D eigenvalue weighted by Crippen LogP contribution is -2.23. The van der Waals surface area contributed by atoms with E-state index in [4.69, 9.17) is 4.74 Å². The number of hydrogen-bond donors (Lipinski definition) is 1. The number of nitrogens with one attached hydrogen (secondary N) is 1. The maximum absolute atomic E-state index is 14.7. The third-order valence-electron chi connectivity index (χ3n) is 5.42. The van der Waals surface area contributed by atoms with E-state index in [1.165, 1.54) is 6.07 Å². The smallest absolute Gasteiger partial charge is 0.257 e. The molecule has 1 amide bonds. The molecule has 0 radical (unpaired) electrons. The van der Waals surface area contributed by atoms with Crippen molar-refractivity contribution in [3.05, 3.63) is 82.5 Å². The molecule has 0 spiro atoms. The standard InChI is InChI=1S/C24H23F2N3O2/c1-4-29-13-18-22(24(29)30)20(26)12-27-23(18)28-15(3)16-7-10-21(19(25)11-16)31-17-8-5-14(2)6-9-17/h5-12,15H,4,13H2,1-3H3,(H,27,28). The molecule has 2 heterocycles. The van der Waals surface area contributed by atoms with Gasteiger partial charge in [-0.05, 0) is 50.6 Å². The number of carbonyl (C=O) groups excluding carboxylic acids is 1. The van der Waals surface area contributed by atoms with E-state index in [0.29, 0.717) is 35.8 Å². The van der Waals surface area contributed by atoms with Crippen molar-refractivity contribution in [3.63, 3.8) is 0 Å². The number of pyridine rings is 1. The van der Waals surface area contributed by atoms with Crippen LogP contribution in [0.4, 0.5) is 14.6 Å². The van der Waals surface area contributed by atoms with Crippen LogP contribution >= 0.6 is 0 Å². The van der Waals surface area contributed by atoms with Crippen LogP contribution in [-0.4, -0.2) is 22.3 Å². The van der Waals surface area contributed by atoms with E-state index in [1.54, 1.807) is 29.2 Å². The molecule has 31 heavy (non-hydrogen) atoms. The highest BCUT2D eigenvalue weighted by Gasteiger charge is 2.32. The fourth-order valence-corrected chi connectivity index (χ4v) is 3.60. The van der Waals surface area contributed by atoms with Crippen LogP contribution in [0, 0.1) is 18.6 Å². The SMILES string of the molecule is CCN1Cc2c(NC(C)c3ccc(Oc4ccc(C)cc4)c(F)c3)ncc(F)c2C1=O. The van der Waals surface area contributed by atoms with Crippen molar-refractivity contribution < 1.29 is 18.3 Å². The molecular weight excluding hydrogens is 400 g/mol. The fourth-order valence-electron chi connectivity index (χ4n) is 3.60. The van der Waals surface area contributed by atoms with E-state index in [0.717, 1.165) is 11.8 Å². The van der Waals surface area contributed by atoms with Gasteiger partial charge in [0.05, 0.1) is 24.3 Å². The Balaban J connectivity index is 1.54. The third kappa shape index (κ3) is 4.08. The van der Waals surface area contributed by atoms with Gasteiger partial charge in [-0.1, -0.05) is 23.8 Å². The van der Waals surface area contributed by atoms with Crippen LogP contribution in [0.2, 0.25) is 0 Å². The number of amides is 1. The summed E-state index contributed by atoms with van der Waals surface area (Å²) in [5.74, 6) is -0.344. The van der Waals surface area contributed by atoms with Gasteiger partial charge >= 0.3 is 0 Å². The molecule has 5 nitrogen and oxygen atoms in total. The summed E-state index contributed by atoms with van der Waals surface area (Å²) < 4.78 is 34.5. The van der Waals surface area contributed by atoms with Crippen molar-refractivity contribution >= 4 is 11.7 Å². The summed E-state index contributed by atoms with van der Waals surface area (Å²) in [5, 5.41) is 3.19. The Morgan fingerprint density at radius 3 is 2.58 bits per heavy atom. The van der Waals surface area contributed by atoms with Gasteiger partial charge < -0.3 is 15.0 Å². The van der Waals surface area contributed by atoms with Crippen molar-refractivity contribution in [3.8, 4) is 11.5 Å². The molecule has 0 saturated carbocycles. The molecule has 3 aromatic rings. The Hall–Kier alpha value is -3.48. The number of nitrogens with zero attached hydrogens (tertiary/aromatic N) is 2. The molecule has 0 saturated heterocycles. The van der Waals surface area contributed by atoms with Crippen LogP contribution in [0.5, 0.6) is 11.5 Å². The zero-order valence-corrected chi connectivity index (χ0v) is 17.6. The Kier molecular flexibility index (Phi) is 5.59. The number of ether oxygens (including phenoxy) is 1. The highest BCUT2D eigenvalue weighted by atomic mass is 19.1. The predicted octanol–water partition coefficient (Wildman–Crippen LogP) is 5.61. The van der Waals surface area contributed by atoms with Gasteiger partial charge in [0, 0.05) is 12.1 Å². The van der Waals surface area contributed by atoms with Gasteiger partial charge in [-0.2, -0.15) is 0 Å². The average molecular weight is 423 g/mol. The van der Waals surface area contributed by atoms with Gasteiger partial charge in [-0.25, -0.2) is 13.8 Å².